The second-order valence-electron chi connectivity index (χ2n) is 12.8. The van der Waals surface area contributed by atoms with Gasteiger partial charge in [-0.3, -0.25) is 24.3 Å². The monoisotopic (exact) mass is 663 g/mol. The van der Waals surface area contributed by atoms with Crippen molar-refractivity contribution in [3.05, 3.63) is 74.2 Å². The Bertz CT molecular complexity index is 1670. The summed E-state index contributed by atoms with van der Waals surface area (Å²) >= 11 is 0. The molecule has 12 heteroatoms. The van der Waals surface area contributed by atoms with Crippen LogP contribution in [0.3, 0.4) is 0 Å². The summed E-state index contributed by atoms with van der Waals surface area (Å²) in [7, 11) is 0. The van der Waals surface area contributed by atoms with E-state index in [1.165, 1.54) is 6.92 Å². The predicted molar refractivity (Wildman–Crippen MR) is 181 cm³/mol. The topological polar surface area (TPSA) is 135 Å². The smallest absolute Gasteiger partial charge is 0.298 e. The number of aryl methyl sites for hydroxylation is 1. The summed E-state index contributed by atoms with van der Waals surface area (Å²) < 4.78 is 32.1. The Morgan fingerprint density at radius 2 is 2.00 bits per heavy atom. The molecular formula is C36H46FN5O6. The Morgan fingerprint density at radius 3 is 2.67 bits per heavy atom. The number of nitrogens with one attached hydrogen (secondary N) is 3. The molecule has 0 radical (unpaired) electrons. The summed E-state index contributed by atoms with van der Waals surface area (Å²) in [5.74, 6) is -0.923. The first-order valence-corrected chi connectivity index (χ1v) is 16.7. The van der Waals surface area contributed by atoms with Gasteiger partial charge in [0.25, 0.3) is 17.9 Å². The summed E-state index contributed by atoms with van der Waals surface area (Å²) in [6.45, 7) is 13.5. The second-order valence-corrected chi connectivity index (χ2v) is 12.8. The van der Waals surface area contributed by atoms with Gasteiger partial charge in [0, 0.05) is 72.8 Å². The van der Waals surface area contributed by atoms with Crippen LogP contribution in [0.15, 0.2) is 29.2 Å². The summed E-state index contributed by atoms with van der Waals surface area (Å²) in [6, 6.07) is 5.52. The number of amides is 1. The quantitative estimate of drug-likeness (QED) is 0.229. The number of ether oxygens (including phenoxy) is 3. The Morgan fingerprint density at radius 1 is 1.23 bits per heavy atom. The van der Waals surface area contributed by atoms with E-state index >= 15 is 4.39 Å². The van der Waals surface area contributed by atoms with E-state index in [1.54, 1.807) is 19.2 Å². The van der Waals surface area contributed by atoms with E-state index in [1.807, 2.05) is 26.0 Å². The summed E-state index contributed by atoms with van der Waals surface area (Å²) in [6.07, 6.45) is 4.15. The fourth-order valence-electron chi connectivity index (χ4n) is 6.52. The lowest BCUT2D eigenvalue weighted by Crippen LogP contribution is -2.35. The highest BCUT2D eigenvalue weighted by atomic mass is 19.1. The number of carbonyl (C=O) groups excluding carboxylic acids is 2. The van der Waals surface area contributed by atoms with Gasteiger partial charge < -0.3 is 29.8 Å². The van der Waals surface area contributed by atoms with E-state index < -0.39 is 17.3 Å². The summed E-state index contributed by atoms with van der Waals surface area (Å²) in [5.41, 5.74) is 3.61. The van der Waals surface area contributed by atoms with Gasteiger partial charge in [-0.05, 0) is 56.7 Å². The fraction of sp³-hybridized carbons (Fsp3) is 0.500. The van der Waals surface area contributed by atoms with Crippen LogP contribution in [0.5, 0.6) is 5.75 Å². The molecule has 4 heterocycles. The predicted octanol–water partition coefficient (Wildman–Crippen LogP) is 4.98. The normalized spacial score (nSPS) is 18.5. The van der Waals surface area contributed by atoms with Crippen molar-refractivity contribution in [1.82, 2.24) is 20.2 Å². The largest absolute Gasteiger partial charge is 0.426 e. The molecule has 1 amide bonds. The van der Waals surface area contributed by atoms with Crippen LogP contribution in [0.25, 0.3) is 11.1 Å². The SMILES string of the molecule is CCC1CC(Nc2c(C)c(C(=O)NCc3c(C(C)C)c(F)c(C)[nH]c3=O)cc(-c3ccc(CN4CCOCC4)nc3)c2OC=O)CCO1. The molecule has 48 heavy (non-hydrogen) atoms. The van der Waals surface area contributed by atoms with Gasteiger partial charge in [-0.2, -0.15) is 0 Å². The van der Waals surface area contributed by atoms with Crippen molar-refractivity contribution in [3.8, 4) is 16.9 Å². The van der Waals surface area contributed by atoms with Crippen molar-refractivity contribution in [2.75, 3.05) is 38.2 Å². The molecule has 2 saturated heterocycles. The Labute approximate surface area is 280 Å². The van der Waals surface area contributed by atoms with Crippen molar-refractivity contribution in [2.45, 2.75) is 85.0 Å². The third-order valence-electron chi connectivity index (χ3n) is 9.22. The van der Waals surface area contributed by atoms with E-state index in [0.717, 1.165) is 38.0 Å². The van der Waals surface area contributed by atoms with Gasteiger partial charge in [0.05, 0.1) is 36.4 Å². The minimum atomic E-state index is -0.486. The van der Waals surface area contributed by atoms with E-state index in [0.29, 0.717) is 66.5 Å². The number of nitrogens with zero attached hydrogens (tertiary/aromatic N) is 2. The first-order valence-electron chi connectivity index (χ1n) is 16.7. The minimum Gasteiger partial charge on any atom is -0.426 e. The molecule has 11 nitrogen and oxygen atoms in total. The standard InChI is InChI=1S/C36H46FN5O6/c1-6-27-15-25(9-12-47-27)41-33-22(4)28(35(44)39-18-30-31(21(2)3)32(37)23(5)40-36(30)45)16-29(34(33)48-20-43)24-7-8-26(38-17-24)19-42-10-13-46-14-11-42/h7-8,16-17,20-21,25,27,41H,6,9-15,18-19H2,1-5H3,(H,39,44)(H,40,45). The number of morpholine rings is 1. The molecule has 2 aliphatic rings. The maximum atomic E-state index is 15.1. The highest BCUT2D eigenvalue weighted by Crippen LogP contribution is 2.42. The van der Waals surface area contributed by atoms with Crippen LogP contribution in [0.4, 0.5) is 10.1 Å². The average molecular weight is 664 g/mol. The van der Waals surface area contributed by atoms with Gasteiger partial charge in [0.2, 0.25) is 0 Å². The lowest BCUT2D eigenvalue weighted by molar-refractivity contribution is -0.120. The fourth-order valence-corrected chi connectivity index (χ4v) is 6.52. The number of hydrogen-bond acceptors (Lipinski definition) is 9. The van der Waals surface area contributed by atoms with Crippen molar-refractivity contribution < 1.29 is 28.2 Å². The van der Waals surface area contributed by atoms with E-state index in [9.17, 15) is 14.4 Å². The van der Waals surface area contributed by atoms with Crippen LogP contribution in [-0.4, -0.2) is 72.3 Å². The number of anilines is 1. The number of carbonyl (C=O) groups is 2. The first kappa shape index (κ1) is 35.2. The average Bonchev–Trinajstić information content (AvgIpc) is 3.08. The Hall–Kier alpha value is -4.13. The second kappa shape index (κ2) is 15.8. The number of rotatable bonds is 12. The zero-order valence-corrected chi connectivity index (χ0v) is 28.4. The zero-order valence-electron chi connectivity index (χ0n) is 28.4. The van der Waals surface area contributed by atoms with Gasteiger partial charge in [0.1, 0.15) is 5.82 Å². The molecule has 3 N–H and O–H groups in total. The molecule has 0 bridgehead atoms. The molecule has 1 aromatic carbocycles. The van der Waals surface area contributed by atoms with Crippen molar-refractivity contribution >= 4 is 18.1 Å². The lowest BCUT2D eigenvalue weighted by atomic mass is 9.94. The van der Waals surface area contributed by atoms with Crippen LogP contribution in [-0.2, 0) is 27.4 Å². The molecule has 0 saturated carbocycles. The number of aromatic nitrogens is 2. The molecular weight excluding hydrogens is 617 g/mol. The molecule has 2 fully saturated rings. The highest BCUT2D eigenvalue weighted by molar-refractivity contribution is 6.00. The number of pyridine rings is 2. The minimum absolute atomic E-state index is 0.0132. The molecule has 0 aliphatic carbocycles. The van der Waals surface area contributed by atoms with Crippen LogP contribution in [0.1, 0.15) is 84.4 Å². The maximum absolute atomic E-state index is 15.1. The van der Waals surface area contributed by atoms with E-state index in [-0.39, 0.29) is 41.4 Å². The van der Waals surface area contributed by atoms with Crippen LogP contribution in [0.2, 0.25) is 0 Å². The van der Waals surface area contributed by atoms with Crippen LogP contribution < -0.4 is 20.9 Å². The maximum Gasteiger partial charge on any atom is 0.298 e. The summed E-state index contributed by atoms with van der Waals surface area (Å²) in [5, 5.41) is 6.43. The van der Waals surface area contributed by atoms with Crippen molar-refractivity contribution in [3.63, 3.8) is 0 Å². The molecule has 2 atom stereocenters. The third-order valence-corrected chi connectivity index (χ3v) is 9.22. The first-order chi connectivity index (χ1) is 23.1. The van der Waals surface area contributed by atoms with E-state index in [4.69, 9.17) is 19.2 Å². The van der Waals surface area contributed by atoms with Gasteiger partial charge in [-0.15, -0.1) is 0 Å². The number of H-pyrrole nitrogens is 1. The molecule has 5 rings (SSSR count). The van der Waals surface area contributed by atoms with Crippen LogP contribution >= 0.6 is 0 Å². The molecule has 2 aromatic heterocycles. The van der Waals surface area contributed by atoms with Crippen molar-refractivity contribution in [2.24, 2.45) is 0 Å². The van der Waals surface area contributed by atoms with E-state index in [2.05, 4.69) is 27.4 Å². The summed E-state index contributed by atoms with van der Waals surface area (Å²) in [4.78, 5) is 48.3. The number of aromatic amines is 1. The molecule has 258 valence electrons. The third kappa shape index (κ3) is 7.94. The van der Waals surface area contributed by atoms with Gasteiger partial charge in [0.15, 0.2) is 5.75 Å². The number of halogens is 1. The lowest BCUT2D eigenvalue weighted by Gasteiger charge is -2.31. The van der Waals surface area contributed by atoms with Gasteiger partial charge in [-0.25, -0.2) is 4.39 Å². The number of benzene rings is 1. The number of hydrogen-bond donors (Lipinski definition) is 3. The molecule has 3 aromatic rings. The van der Waals surface area contributed by atoms with Gasteiger partial charge >= 0.3 is 0 Å². The molecule has 2 aliphatic heterocycles. The van der Waals surface area contributed by atoms with Crippen molar-refractivity contribution in [1.29, 1.82) is 0 Å². The highest BCUT2D eigenvalue weighted by Gasteiger charge is 2.28. The zero-order chi connectivity index (χ0) is 34.4. The Kier molecular flexibility index (Phi) is 11.6. The van der Waals surface area contributed by atoms with Gasteiger partial charge in [-0.1, -0.05) is 26.8 Å². The molecule has 0 spiro atoms. The Balaban J connectivity index is 1.53. The van der Waals surface area contributed by atoms with Crippen LogP contribution in [0, 0.1) is 19.7 Å². The molecule has 2 unspecified atom stereocenters.